The van der Waals surface area contributed by atoms with Crippen LogP contribution in [0.2, 0.25) is 0 Å². The third-order valence-electron chi connectivity index (χ3n) is 3.20. The minimum Gasteiger partial charge on any atom is -0.294 e. The second kappa shape index (κ2) is 4.74. The Balaban J connectivity index is 2.39. The summed E-state index contributed by atoms with van der Waals surface area (Å²) in [7, 11) is 0. The van der Waals surface area contributed by atoms with Gasteiger partial charge in [-0.05, 0) is 31.2 Å². The van der Waals surface area contributed by atoms with Gasteiger partial charge in [0.2, 0.25) is 0 Å². The first kappa shape index (κ1) is 12.3. The van der Waals surface area contributed by atoms with Crippen molar-refractivity contribution < 1.29 is 4.79 Å². The van der Waals surface area contributed by atoms with Crippen molar-refractivity contribution in [3.05, 3.63) is 70.3 Å². The zero-order valence-electron chi connectivity index (χ0n) is 10.9. The molecule has 0 bridgehead atoms. The van der Waals surface area contributed by atoms with Crippen molar-refractivity contribution in [2.75, 3.05) is 0 Å². The zero-order valence-corrected chi connectivity index (χ0v) is 10.9. The molecule has 0 radical (unpaired) electrons. The van der Waals surface area contributed by atoms with Gasteiger partial charge in [0.1, 0.15) is 0 Å². The lowest BCUT2D eigenvalue weighted by atomic mass is 10.2. The molecule has 0 fully saturated rings. The molecule has 20 heavy (non-hydrogen) atoms. The maximum absolute atomic E-state index is 12.6. The van der Waals surface area contributed by atoms with Gasteiger partial charge in [0.15, 0.2) is 12.1 Å². The molecule has 4 nitrogen and oxygen atoms in total. The fourth-order valence-corrected chi connectivity index (χ4v) is 2.17. The van der Waals surface area contributed by atoms with E-state index in [0.717, 1.165) is 5.56 Å². The highest BCUT2D eigenvalue weighted by atomic mass is 16.1. The van der Waals surface area contributed by atoms with Crippen LogP contribution in [0, 0.1) is 6.92 Å². The van der Waals surface area contributed by atoms with E-state index in [0.29, 0.717) is 22.9 Å². The lowest BCUT2D eigenvalue weighted by Gasteiger charge is -2.10. The first-order valence-corrected chi connectivity index (χ1v) is 6.25. The van der Waals surface area contributed by atoms with E-state index in [4.69, 9.17) is 0 Å². The second-order valence-corrected chi connectivity index (χ2v) is 4.58. The molecule has 0 aliphatic carbocycles. The van der Waals surface area contributed by atoms with Gasteiger partial charge in [-0.2, -0.15) is 0 Å². The third kappa shape index (κ3) is 1.91. The predicted octanol–water partition coefficient (Wildman–Crippen LogP) is 2.51. The van der Waals surface area contributed by atoms with E-state index in [1.165, 1.54) is 4.57 Å². The number of para-hydroxylation sites is 1. The highest BCUT2D eigenvalue weighted by molar-refractivity contribution is 5.82. The number of rotatable bonds is 2. The number of benzene rings is 2. The molecular weight excluding hydrogens is 252 g/mol. The normalized spacial score (nSPS) is 10.7. The maximum Gasteiger partial charge on any atom is 0.266 e. The molecule has 1 heterocycles. The monoisotopic (exact) mass is 264 g/mol. The Hall–Kier alpha value is -2.75. The largest absolute Gasteiger partial charge is 0.294 e. The van der Waals surface area contributed by atoms with Gasteiger partial charge in [-0.15, -0.1) is 0 Å². The standard InChI is InChI=1S/C16H12N2O2/c1-11-6-8-12(9-7-11)18-15(10-19)17-14-5-3-2-4-13(14)16(18)20/h2-10H,1H3. The van der Waals surface area contributed by atoms with Crippen molar-refractivity contribution in [2.45, 2.75) is 6.92 Å². The van der Waals surface area contributed by atoms with E-state index >= 15 is 0 Å². The summed E-state index contributed by atoms with van der Waals surface area (Å²) < 4.78 is 1.34. The first-order valence-electron chi connectivity index (χ1n) is 6.25. The number of aryl methyl sites for hydroxylation is 1. The van der Waals surface area contributed by atoms with Gasteiger partial charge in [-0.25, -0.2) is 4.98 Å². The Morgan fingerprint density at radius 2 is 1.75 bits per heavy atom. The Labute approximate surface area is 115 Å². The first-order chi connectivity index (χ1) is 9.70. The van der Waals surface area contributed by atoms with E-state index in [-0.39, 0.29) is 11.4 Å². The molecule has 0 spiro atoms. The summed E-state index contributed by atoms with van der Waals surface area (Å²) in [6.45, 7) is 1.96. The lowest BCUT2D eigenvalue weighted by molar-refractivity contribution is 0.111. The Kier molecular flexibility index (Phi) is 2.91. The molecule has 0 unspecified atom stereocenters. The van der Waals surface area contributed by atoms with E-state index in [1.54, 1.807) is 36.4 Å². The van der Waals surface area contributed by atoms with E-state index < -0.39 is 0 Å². The van der Waals surface area contributed by atoms with Crippen molar-refractivity contribution >= 4 is 17.2 Å². The Bertz CT molecular complexity index is 848. The van der Waals surface area contributed by atoms with E-state index in [1.807, 2.05) is 19.1 Å². The van der Waals surface area contributed by atoms with Crippen LogP contribution in [0.15, 0.2) is 53.3 Å². The van der Waals surface area contributed by atoms with Gasteiger partial charge in [-0.3, -0.25) is 14.2 Å². The summed E-state index contributed by atoms with van der Waals surface area (Å²) in [4.78, 5) is 28.0. The van der Waals surface area contributed by atoms with Crippen molar-refractivity contribution in [3.63, 3.8) is 0 Å². The molecule has 2 aromatic carbocycles. The molecule has 0 amide bonds. The number of aromatic nitrogens is 2. The molecular formula is C16H12N2O2. The van der Waals surface area contributed by atoms with Crippen molar-refractivity contribution in [2.24, 2.45) is 0 Å². The molecule has 0 atom stereocenters. The van der Waals surface area contributed by atoms with Crippen LogP contribution in [0.25, 0.3) is 16.6 Å². The summed E-state index contributed by atoms with van der Waals surface area (Å²) in [5, 5.41) is 0.499. The number of hydrogen-bond donors (Lipinski definition) is 0. The summed E-state index contributed by atoms with van der Waals surface area (Å²) >= 11 is 0. The van der Waals surface area contributed by atoms with Crippen LogP contribution in [-0.2, 0) is 0 Å². The third-order valence-corrected chi connectivity index (χ3v) is 3.20. The Morgan fingerprint density at radius 3 is 2.45 bits per heavy atom. The summed E-state index contributed by atoms with van der Waals surface area (Å²) in [6.07, 6.45) is 0.605. The van der Waals surface area contributed by atoms with E-state index in [9.17, 15) is 9.59 Å². The van der Waals surface area contributed by atoms with Crippen molar-refractivity contribution in [1.82, 2.24) is 9.55 Å². The number of carbonyl (C=O) groups excluding carboxylic acids is 1. The van der Waals surface area contributed by atoms with Gasteiger partial charge in [0.25, 0.3) is 5.56 Å². The maximum atomic E-state index is 12.6. The quantitative estimate of drug-likeness (QED) is 0.668. The van der Waals surface area contributed by atoms with Gasteiger partial charge < -0.3 is 0 Å². The molecule has 98 valence electrons. The van der Waals surface area contributed by atoms with Crippen LogP contribution in [0.4, 0.5) is 0 Å². The highest BCUT2D eigenvalue weighted by Gasteiger charge is 2.11. The topological polar surface area (TPSA) is 52.0 Å². The predicted molar refractivity (Wildman–Crippen MR) is 77.5 cm³/mol. The second-order valence-electron chi connectivity index (χ2n) is 4.58. The van der Waals surface area contributed by atoms with Crippen LogP contribution < -0.4 is 5.56 Å². The van der Waals surface area contributed by atoms with Crippen LogP contribution in [0.1, 0.15) is 16.2 Å². The number of hydrogen-bond acceptors (Lipinski definition) is 3. The number of carbonyl (C=O) groups is 1. The fourth-order valence-electron chi connectivity index (χ4n) is 2.17. The molecule has 0 aliphatic rings. The number of aldehydes is 1. The van der Waals surface area contributed by atoms with Gasteiger partial charge >= 0.3 is 0 Å². The van der Waals surface area contributed by atoms with E-state index in [2.05, 4.69) is 4.98 Å². The minimum atomic E-state index is -0.235. The molecule has 0 saturated heterocycles. The number of nitrogens with zero attached hydrogens (tertiary/aromatic N) is 2. The zero-order chi connectivity index (χ0) is 14.1. The fraction of sp³-hybridized carbons (Fsp3) is 0.0625. The molecule has 3 aromatic rings. The average Bonchev–Trinajstić information content (AvgIpc) is 2.48. The minimum absolute atomic E-state index is 0.109. The van der Waals surface area contributed by atoms with Crippen LogP contribution in [-0.4, -0.2) is 15.8 Å². The van der Waals surface area contributed by atoms with Gasteiger partial charge in [0.05, 0.1) is 16.6 Å². The summed E-state index contributed by atoms with van der Waals surface area (Å²) in [6, 6.07) is 14.4. The molecule has 0 saturated carbocycles. The van der Waals surface area contributed by atoms with Gasteiger partial charge in [0, 0.05) is 0 Å². The SMILES string of the molecule is Cc1ccc(-n2c(C=O)nc3ccccc3c2=O)cc1. The molecule has 0 aliphatic heterocycles. The van der Waals surface area contributed by atoms with Crippen LogP contribution in [0.5, 0.6) is 0 Å². The Morgan fingerprint density at radius 1 is 1.05 bits per heavy atom. The molecule has 3 rings (SSSR count). The van der Waals surface area contributed by atoms with Crippen LogP contribution >= 0.6 is 0 Å². The van der Waals surface area contributed by atoms with Crippen LogP contribution in [0.3, 0.4) is 0 Å². The van der Waals surface area contributed by atoms with Gasteiger partial charge in [-0.1, -0.05) is 29.8 Å². The van der Waals surface area contributed by atoms with Crippen molar-refractivity contribution in [3.8, 4) is 5.69 Å². The summed E-state index contributed by atoms with van der Waals surface area (Å²) in [5.41, 5.74) is 2.02. The highest BCUT2D eigenvalue weighted by Crippen LogP contribution is 2.12. The molecule has 0 N–H and O–H groups in total. The average molecular weight is 264 g/mol. The summed E-state index contributed by atoms with van der Waals surface area (Å²) in [5.74, 6) is 0.109. The smallest absolute Gasteiger partial charge is 0.266 e. The molecule has 1 aromatic heterocycles. The number of fused-ring (bicyclic) bond motifs is 1. The lowest BCUT2D eigenvalue weighted by Crippen LogP contribution is -2.23. The molecule has 4 heteroatoms. The van der Waals surface area contributed by atoms with Crippen molar-refractivity contribution in [1.29, 1.82) is 0 Å².